The summed E-state index contributed by atoms with van der Waals surface area (Å²) in [7, 11) is 0. The molecule has 0 aromatic rings. The van der Waals surface area contributed by atoms with E-state index in [0.717, 1.165) is 18.0 Å². The molecule has 2 heterocycles. The van der Waals surface area contributed by atoms with Crippen LogP contribution in [0.15, 0.2) is 0 Å². The van der Waals surface area contributed by atoms with Gasteiger partial charge in [-0.3, -0.25) is 4.90 Å². The molecule has 2 N–H and O–H groups in total. The molecule has 2 bridgehead atoms. The first-order valence-corrected chi connectivity index (χ1v) is 6.34. The van der Waals surface area contributed by atoms with Crippen molar-refractivity contribution < 1.29 is 0 Å². The van der Waals surface area contributed by atoms with E-state index in [1.165, 1.54) is 51.5 Å². The zero-order valence-electron chi connectivity index (χ0n) is 8.99. The van der Waals surface area contributed by atoms with Crippen molar-refractivity contribution in [2.45, 2.75) is 63.1 Å². The molecule has 3 aliphatic rings. The molecule has 0 amide bonds. The summed E-state index contributed by atoms with van der Waals surface area (Å²) >= 11 is 0. The molecule has 2 nitrogen and oxygen atoms in total. The number of nitrogens with zero attached hydrogens (tertiary/aromatic N) is 1. The van der Waals surface area contributed by atoms with Gasteiger partial charge in [0.1, 0.15) is 0 Å². The second-order valence-electron chi connectivity index (χ2n) is 5.61. The molecule has 2 unspecified atom stereocenters. The molecule has 14 heavy (non-hydrogen) atoms. The van der Waals surface area contributed by atoms with Crippen molar-refractivity contribution in [3.8, 4) is 0 Å². The normalized spacial score (nSPS) is 47.8. The van der Waals surface area contributed by atoms with Crippen LogP contribution in [0.5, 0.6) is 0 Å². The van der Waals surface area contributed by atoms with Gasteiger partial charge in [-0.1, -0.05) is 6.42 Å². The molecule has 2 saturated heterocycles. The molecule has 80 valence electrons. The standard InChI is InChI=1S/C12H22N2/c13-10-6-9(7-10)8-14-11-2-1-3-12(14)5-4-11/h9-12H,1-8,13H2. The van der Waals surface area contributed by atoms with Crippen molar-refractivity contribution >= 4 is 0 Å². The number of nitrogens with two attached hydrogens (primary N) is 1. The molecule has 1 aliphatic carbocycles. The average Bonchev–Trinajstić information content (AvgIpc) is 2.35. The quantitative estimate of drug-likeness (QED) is 0.725. The van der Waals surface area contributed by atoms with E-state index in [4.69, 9.17) is 5.73 Å². The summed E-state index contributed by atoms with van der Waals surface area (Å²) in [4.78, 5) is 2.82. The maximum atomic E-state index is 5.84. The Bertz CT molecular complexity index is 194. The highest BCUT2D eigenvalue weighted by atomic mass is 15.2. The van der Waals surface area contributed by atoms with Crippen LogP contribution in [0.1, 0.15) is 44.9 Å². The zero-order chi connectivity index (χ0) is 9.54. The van der Waals surface area contributed by atoms with Gasteiger partial charge >= 0.3 is 0 Å². The average molecular weight is 194 g/mol. The van der Waals surface area contributed by atoms with Crippen molar-refractivity contribution in [3.63, 3.8) is 0 Å². The van der Waals surface area contributed by atoms with Gasteiger partial charge in [-0.25, -0.2) is 0 Å². The van der Waals surface area contributed by atoms with E-state index in [-0.39, 0.29) is 0 Å². The molecule has 2 aliphatic heterocycles. The van der Waals surface area contributed by atoms with Gasteiger partial charge in [-0.2, -0.15) is 0 Å². The number of hydrogen-bond donors (Lipinski definition) is 1. The number of hydrogen-bond acceptors (Lipinski definition) is 2. The first-order chi connectivity index (χ1) is 6.83. The van der Waals surface area contributed by atoms with Gasteiger partial charge in [-0.05, 0) is 44.4 Å². The molecule has 3 fully saturated rings. The van der Waals surface area contributed by atoms with Crippen LogP contribution >= 0.6 is 0 Å². The lowest BCUT2D eigenvalue weighted by molar-refractivity contribution is 0.0866. The third-order valence-electron chi connectivity index (χ3n) is 4.59. The largest absolute Gasteiger partial charge is 0.328 e. The summed E-state index contributed by atoms with van der Waals surface area (Å²) in [6, 6.07) is 2.43. The topological polar surface area (TPSA) is 29.3 Å². The fourth-order valence-electron chi connectivity index (χ4n) is 3.76. The van der Waals surface area contributed by atoms with Crippen LogP contribution in [0.2, 0.25) is 0 Å². The molecule has 2 atom stereocenters. The van der Waals surface area contributed by atoms with Gasteiger partial charge in [0.2, 0.25) is 0 Å². The lowest BCUT2D eigenvalue weighted by Gasteiger charge is -2.41. The fraction of sp³-hybridized carbons (Fsp3) is 1.00. The highest BCUT2D eigenvalue weighted by Crippen LogP contribution is 2.38. The lowest BCUT2D eigenvalue weighted by Crippen LogP contribution is -2.47. The van der Waals surface area contributed by atoms with E-state index in [9.17, 15) is 0 Å². The van der Waals surface area contributed by atoms with Crippen molar-refractivity contribution in [1.82, 2.24) is 4.90 Å². The third kappa shape index (κ3) is 1.49. The second kappa shape index (κ2) is 3.49. The van der Waals surface area contributed by atoms with Gasteiger partial charge in [-0.15, -0.1) is 0 Å². The van der Waals surface area contributed by atoms with E-state index in [1.54, 1.807) is 0 Å². The van der Waals surface area contributed by atoms with Gasteiger partial charge < -0.3 is 5.73 Å². The van der Waals surface area contributed by atoms with Crippen LogP contribution in [-0.2, 0) is 0 Å². The SMILES string of the molecule is NC1CC(CN2C3CCCC2CC3)C1. The van der Waals surface area contributed by atoms with E-state index >= 15 is 0 Å². The first kappa shape index (κ1) is 9.17. The summed E-state index contributed by atoms with van der Waals surface area (Å²) in [6.45, 7) is 1.36. The molecule has 0 aromatic carbocycles. The minimum absolute atomic E-state index is 0.530. The Labute approximate surface area is 86.8 Å². The van der Waals surface area contributed by atoms with Crippen molar-refractivity contribution in [1.29, 1.82) is 0 Å². The highest BCUT2D eigenvalue weighted by molar-refractivity contribution is 4.95. The predicted molar refractivity (Wildman–Crippen MR) is 58.1 cm³/mol. The van der Waals surface area contributed by atoms with Crippen LogP contribution in [0.4, 0.5) is 0 Å². The minimum atomic E-state index is 0.530. The Morgan fingerprint density at radius 1 is 1.00 bits per heavy atom. The van der Waals surface area contributed by atoms with Gasteiger partial charge in [0.05, 0.1) is 0 Å². The molecule has 3 rings (SSSR count). The Balaban J connectivity index is 1.57. The fourth-order valence-corrected chi connectivity index (χ4v) is 3.76. The molecule has 2 heteroatoms. The first-order valence-electron chi connectivity index (χ1n) is 6.34. The van der Waals surface area contributed by atoms with Crippen LogP contribution in [0, 0.1) is 5.92 Å². The van der Waals surface area contributed by atoms with E-state index in [0.29, 0.717) is 6.04 Å². The molecule has 0 radical (unpaired) electrons. The van der Waals surface area contributed by atoms with Crippen molar-refractivity contribution in [2.24, 2.45) is 11.7 Å². The van der Waals surface area contributed by atoms with Crippen LogP contribution in [-0.4, -0.2) is 29.6 Å². The van der Waals surface area contributed by atoms with E-state index in [2.05, 4.69) is 4.90 Å². The van der Waals surface area contributed by atoms with Gasteiger partial charge in [0.15, 0.2) is 0 Å². The Morgan fingerprint density at radius 2 is 1.64 bits per heavy atom. The predicted octanol–water partition coefficient (Wildman–Crippen LogP) is 1.74. The van der Waals surface area contributed by atoms with E-state index in [1.807, 2.05) is 0 Å². The van der Waals surface area contributed by atoms with Crippen molar-refractivity contribution in [2.75, 3.05) is 6.54 Å². The Morgan fingerprint density at radius 3 is 2.21 bits per heavy atom. The maximum absolute atomic E-state index is 5.84. The van der Waals surface area contributed by atoms with Gasteiger partial charge in [0.25, 0.3) is 0 Å². The monoisotopic (exact) mass is 194 g/mol. The Kier molecular flexibility index (Phi) is 2.29. The molecular formula is C12H22N2. The van der Waals surface area contributed by atoms with Crippen molar-refractivity contribution in [3.05, 3.63) is 0 Å². The Hall–Kier alpha value is -0.0800. The number of piperidine rings is 1. The summed E-state index contributed by atoms with van der Waals surface area (Å²) in [5.74, 6) is 0.936. The summed E-state index contributed by atoms with van der Waals surface area (Å²) in [6.07, 6.45) is 9.94. The van der Waals surface area contributed by atoms with Crippen LogP contribution < -0.4 is 5.73 Å². The van der Waals surface area contributed by atoms with Crippen LogP contribution in [0.3, 0.4) is 0 Å². The minimum Gasteiger partial charge on any atom is -0.328 e. The summed E-state index contributed by atoms with van der Waals surface area (Å²) < 4.78 is 0. The second-order valence-corrected chi connectivity index (χ2v) is 5.61. The molecule has 0 spiro atoms. The maximum Gasteiger partial charge on any atom is 0.00988 e. The third-order valence-corrected chi connectivity index (χ3v) is 4.59. The summed E-state index contributed by atoms with van der Waals surface area (Å²) in [5, 5.41) is 0. The number of fused-ring (bicyclic) bond motifs is 2. The highest BCUT2D eigenvalue weighted by Gasteiger charge is 2.39. The summed E-state index contributed by atoms with van der Waals surface area (Å²) in [5.41, 5.74) is 5.84. The smallest absolute Gasteiger partial charge is 0.00988 e. The van der Waals surface area contributed by atoms with Gasteiger partial charge in [0, 0.05) is 24.7 Å². The molecule has 1 saturated carbocycles. The van der Waals surface area contributed by atoms with E-state index < -0.39 is 0 Å². The molecule has 0 aromatic heterocycles. The lowest BCUT2D eigenvalue weighted by atomic mass is 9.80. The van der Waals surface area contributed by atoms with Crippen LogP contribution in [0.25, 0.3) is 0 Å². The zero-order valence-corrected chi connectivity index (χ0v) is 8.99. The molecular weight excluding hydrogens is 172 g/mol. The number of rotatable bonds is 2.